The normalized spacial score (nSPS) is 10.9. The second-order valence-electron chi connectivity index (χ2n) is 5.19. The standard InChI is InChI=1S/C18H27NO2/c1-2-3-14-19-15-10-5-4-9-13-18(20)21-16-17-11-7-6-8-12-17/h6-8,11-12,14H,2-5,9-10,13,15-16H2,1H3/b19-14+. The summed E-state index contributed by atoms with van der Waals surface area (Å²) in [5, 5.41) is 0. The minimum absolute atomic E-state index is 0.0974. The average Bonchev–Trinajstić information content (AvgIpc) is 2.52. The van der Waals surface area contributed by atoms with Gasteiger partial charge in [-0.2, -0.15) is 0 Å². The second-order valence-corrected chi connectivity index (χ2v) is 5.19. The van der Waals surface area contributed by atoms with Crippen LogP contribution in [0.5, 0.6) is 0 Å². The third-order valence-corrected chi connectivity index (χ3v) is 3.21. The Morgan fingerprint density at radius 2 is 1.90 bits per heavy atom. The van der Waals surface area contributed by atoms with Gasteiger partial charge < -0.3 is 4.74 Å². The number of esters is 1. The predicted octanol–water partition coefficient (Wildman–Crippen LogP) is 4.55. The van der Waals surface area contributed by atoms with Crippen molar-refractivity contribution in [3.05, 3.63) is 35.9 Å². The van der Waals surface area contributed by atoms with Gasteiger partial charge >= 0.3 is 5.97 Å². The van der Waals surface area contributed by atoms with Gasteiger partial charge in [-0.25, -0.2) is 0 Å². The minimum atomic E-state index is -0.0974. The summed E-state index contributed by atoms with van der Waals surface area (Å²) in [5.41, 5.74) is 1.04. The van der Waals surface area contributed by atoms with Gasteiger partial charge in [-0.05, 0) is 31.0 Å². The summed E-state index contributed by atoms with van der Waals surface area (Å²) < 4.78 is 5.24. The van der Waals surface area contributed by atoms with E-state index in [-0.39, 0.29) is 5.97 Å². The molecule has 0 aromatic heterocycles. The van der Waals surface area contributed by atoms with E-state index in [1.165, 1.54) is 0 Å². The number of aliphatic imine (C=N–C) groups is 1. The lowest BCUT2D eigenvalue weighted by atomic mass is 10.1. The van der Waals surface area contributed by atoms with Crippen molar-refractivity contribution in [2.75, 3.05) is 6.54 Å². The Morgan fingerprint density at radius 3 is 2.67 bits per heavy atom. The maximum absolute atomic E-state index is 11.6. The molecule has 0 saturated heterocycles. The van der Waals surface area contributed by atoms with Crippen molar-refractivity contribution in [3.8, 4) is 0 Å². The molecule has 1 aromatic carbocycles. The zero-order chi connectivity index (χ0) is 15.2. The van der Waals surface area contributed by atoms with E-state index in [4.69, 9.17) is 4.74 Å². The molecule has 0 amide bonds. The zero-order valence-electron chi connectivity index (χ0n) is 13.1. The van der Waals surface area contributed by atoms with Crippen LogP contribution in [0.3, 0.4) is 0 Å². The molecule has 0 radical (unpaired) electrons. The highest BCUT2D eigenvalue weighted by Crippen LogP contribution is 2.06. The van der Waals surface area contributed by atoms with E-state index in [0.717, 1.165) is 50.6 Å². The summed E-state index contributed by atoms with van der Waals surface area (Å²) in [6, 6.07) is 9.79. The van der Waals surface area contributed by atoms with Crippen LogP contribution in [0, 0.1) is 0 Å². The lowest BCUT2D eigenvalue weighted by Crippen LogP contribution is -2.04. The zero-order valence-corrected chi connectivity index (χ0v) is 13.1. The molecule has 0 aliphatic rings. The Morgan fingerprint density at radius 1 is 1.14 bits per heavy atom. The minimum Gasteiger partial charge on any atom is -0.461 e. The molecule has 0 saturated carbocycles. The summed E-state index contributed by atoms with van der Waals surface area (Å²) in [6.07, 6.45) is 9.00. The third kappa shape index (κ3) is 9.83. The Bertz CT molecular complexity index is 401. The lowest BCUT2D eigenvalue weighted by molar-refractivity contribution is -0.145. The molecule has 0 atom stereocenters. The van der Waals surface area contributed by atoms with E-state index in [2.05, 4.69) is 11.9 Å². The van der Waals surface area contributed by atoms with E-state index in [0.29, 0.717) is 13.0 Å². The van der Waals surface area contributed by atoms with Crippen LogP contribution in [0.15, 0.2) is 35.3 Å². The molecule has 0 fully saturated rings. The molecule has 3 heteroatoms. The highest BCUT2D eigenvalue weighted by Gasteiger charge is 2.02. The van der Waals surface area contributed by atoms with Gasteiger partial charge in [0.15, 0.2) is 0 Å². The van der Waals surface area contributed by atoms with Crippen LogP contribution in [0.2, 0.25) is 0 Å². The summed E-state index contributed by atoms with van der Waals surface area (Å²) in [5.74, 6) is -0.0974. The quantitative estimate of drug-likeness (QED) is 0.340. The van der Waals surface area contributed by atoms with Gasteiger partial charge in [-0.1, -0.05) is 56.5 Å². The molecule has 0 unspecified atom stereocenters. The Labute approximate surface area is 128 Å². The van der Waals surface area contributed by atoms with Gasteiger partial charge in [0.1, 0.15) is 6.61 Å². The highest BCUT2D eigenvalue weighted by molar-refractivity contribution is 5.69. The Hall–Kier alpha value is -1.64. The molecular weight excluding hydrogens is 262 g/mol. The third-order valence-electron chi connectivity index (χ3n) is 3.21. The van der Waals surface area contributed by atoms with E-state index in [1.807, 2.05) is 36.5 Å². The van der Waals surface area contributed by atoms with Crippen LogP contribution in [-0.4, -0.2) is 18.7 Å². The van der Waals surface area contributed by atoms with E-state index >= 15 is 0 Å². The van der Waals surface area contributed by atoms with Gasteiger partial charge in [0.2, 0.25) is 0 Å². The van der Waals surface area contributed by atoms with Crippen LogP contribution in [0.25, 0.3) is 0 Å². The van der Waals surface area contributed by atoms with Crippen molar-refractivity contribution in [2.24, 2.45) is 4.99 Å². The SMILES string of the molecule is CCC/C=N/CCCCCCC(=O)OCc1ccccc1. The van der Waals surface area contributed by atoms with Crippen molar-refractivity contribution >= 4 is 12.2 Å². The van der Waals surface area contributed by atoms with E-state index < -0.39 is 0 Å². The molecule has 0 heterocycles. The van der Waals surface area contributed by atoms with Gasteiger partial charge in [-0.15, -0.1) is 0 Å². The average molecular weight is 289 g/mol. The predicted molar refractivity (Wildman–Crippen MR) is 87.6 cm³/mol. The molecule has 0 bridgehead atoms. The molecule has 21 heavy (non-hydrogen) atoms. The monoisotopic (exact) mass is 289 g/mol. The second kappa shape index (κ2) is 12.1. The molecule has 1 aromatic rings. The molecule has 0 aliphatic carbocycles. The molecule has 0 spiro atoms. The van der Waals surface area contributed by atoms with Crippen molar-refractivity contribution in [2.45, 2.75) is 58.5 Å². The first-order valence-corrected chi connectivity index (χ1v) is 8.00. The van der Waals surface area contributed by atoms with Crippen LogP contribution in [0.1, 0.15) is 57.4 Å². The van der Waals surface area contributed by atoms with Crippen molar-refractivity contribution < 1.29 is 9.53 Å². The number of rotatable bonds is 11. The number of hydrogen-bond donors (Lipinski definition) is 0. The molecule has 0 N–H and O–H groups in total. The maximum atomic E-state index is 11.6. The summed E-state index contributed by atoms with van der Waals surface area (Å²) in [6.45, 7) is 3.45. The molecule has 3 nitrogen and oxygen atoms in total. The summed E-state index contributed by atoms with van der Waals surface area (Å²) in [4.78, 5) is 15.9. The maximum Gasteiger partial charge on any atom is 0.306 e. The van der Waals surface area contributed by atoms with Crippen molar-refractivity contribution in [3.63, 3.8) is 0 Å². The Kier molecular flexibility index (Phi) is 10.1. The number of benzene rings is 1. The first kappa shape index (κ1) is 17.4. The van der Waals surface area contributed by atoms with Crippen molar-refractivity contribution in [1.82, 2.24) is 0 Å². The molecule has 1 rings (SSSR count). The largest absolute Gasteiger partial charge is 0.461 e. The fourth-order valence-electron chi connectivity index (χ4n) is 1.95. The van der Waals surface area contributed by atoms with Crippen molar-refractivity contribution in [1.29, 1.82) is 0 Å². The lowest BCUT2D eigenvalue weighted by Gasteiger charge is -2.04. The fourth-order valence-corrected chi connectivity index (χ4v) is 1.95. The number of hydrogen-bond acceptors (Lipinski definition) is 3. The smallest absolute Gasteiger partial charge is 0.306 e. The highest BCUT2D eigenvalue weighted by atomic mass is 16.5. The summed E-state index contributed by atoms with van der Waals surface area (Å²) >= 11 is 0. The van der Waals surface area contributed by atoms with E-state index in [1.54, 1.807) is 0 Å². The number of nitrogens with zero attached hydrogens (tertiary/aromatic N) is 1. The van der Waals surface area contributed by atoms with Gasteiger partial charge in [-0.3, -0.25) is 9.79 Å². The number of carbonyl (C=O) groups is 1. The first-order chi connectivity index (χ1) is 10.3. The van der Waals surface area contributed by atoms with Crippen LogP contribution in [-0.2, 0) is 16.1 Å². The van der Waals surface area contributed by atoms with E-state index in [9.17, 15) is 4.79 Å². The van der Waals surface area contributed by atoms with Crippen LogP contribution >= 0.6 is 0 Å². The topological polar surface area (TPSA) is 38.7 Å². The molecular formula is C18H27NO2. The first-order valence-electron chi connectivity index (χ1n) is 8.00. The van der Waals surface area contributed by atoms with Crippen LogP contribution in [0.4, 0.5) is 0 Å². The molecule has 0 aliphatic heterocycles. The van der Waals surface area contributed by atoms with Crippen LogP contribution < -0.4 is 0 Å². The van der Waals surface area contributed by atoms with Gasteiger partial charge in [0.25, 0.3) is 0 Å². The number of ether oxygens (including phenoxy) is 1. The number of carbonyl (C=O) groups excluding carboxylic acids is 1. The summed E-state index contributed by atoms with van der Waals surface area (Å²) in [7, 11) is 0. The fraction of sp³-hybridized carbons (Fsp3) is 0.556. The Balaban J connectivity index is 1.94. The molecule has 116 valence electrons. The number of unbranched alkanes of at least 4 members (excludes halogenated alkanes) is 4. The van der Waals surface area contributed by atoms with Gasteiger partial charge in [0.05, 0.1) is 0 Å². The van der Waals surface area contributed by atoms with Gasteiger partial charge in [0, 0.05) is 13.0 Å².